The van der Waals surface area contributed by atoms with Crippen molar-refractivity contribution < 1.29 is 18.8 Å². The van der Waals surface area contributed by atoms with Gasteiger partial charge in [-0.2, -0.15) is 0 Å². The highest BCUT2D eigenvalue weighted by Crippen LogP contribution is 2.45. The van der Waals surface area contributed by atoms with Gasteiger partial charge in [-0.05, 0) is 90.8 Å². The van der Waals surface area contributed by atoms with E-state index in [-0.39, 0.29) is 22.9 Å². The van der Waals surface area contributed by atoms with E-state index in [1.807, 2.05) is 65.9 Å². The molecule has 238 valence electrons. The number of nitrogens with zero attached hydrogens (tertiary/aromatic N) is 4. The third-order valence-electron chi connectivity index (χ3n) is 7.71. The Morgan fingerprint density at radius 3 is 2.50 bits per heavy atom. The van der Waals surface area contributed by atoms with E-state index < -0.39 is 19.4 Å². The minimum absolute atomic E-state index is 0.198. The van der Waals surface area contributed by atoms with Crippen molar-refractivity contribution in [3.8, 4) is 11.4 Å². The van der Waals surface area contributed by atoms with Crippen LogP contribution in [0.4, 0.5) is 0 Å². The Labute approximate surface area is 265 Å². The van der Waals surface area contributed by atoms with Gasteiger partial charge in [-0.1, -0.05) is 19.6 Å². The number of esters is 1. The topological polar surface area (TPSA) is 106 Å². The summed E-state index contributed by atoms with van der Waals surface area (Å²) in [6, 6.07) is 10.7. The van der Waals surface area contributed by atoms with Gasteiger partial charge in [-0.25, -0.2) is 14.8 Å². The minimum Gasteiger partial charge on any atom is -0.598 e. The second kappa shape index (κ2) is 12.6. The molecule has 0 aliphatic heterocycles. The van der Waals surface area contributed by atoms with Crippen molar-refractivity contribution in [3.05, 3.63) is 53.5 Å². The summed E-state index contributed by atoms with van der Waals surface area (Å²) in [6.45, 7) is 19.6. The van der Waals surface area contributed by atoms with E-state index in [2.05, 4.69) is 45.5 Å². The summed E-state index contributed by atoms with van der Waals surface area (Å²) in [5.74, 6) is 0.0460. The Bertz CT molecular complexity index is 1650. The van der Waals surface area contributed by atoms with Gasteiger partial charge < -0.3 is 18.4 Å². The third-order valence-corrected chi connectivity index (χ3v) is 11.1. The van der Waals surface area contributed by atoms with Crippen LogP contribution in [0.1, 0.15) is 88.1 Å². The van der Waals surface area contributed by atoms with Gasteiger partial charge >= 0.3 is 5.97 Å². The molecular weight excluding hydrogens is 591 g/mol. The van der Waals surface area contributed by atoms with Crippen LogP contribution in [-0.2, 0) is 27.6 Å². The molecule has 44 heavy (non-hydrogen) atoms. The van der Waals surface area contributed by atoms with Crippen LogP contribution in [0.2, 0.25) is 25.7 Å². The highest BCUT2D eigenvalue weighted by molar-refractivity contribution is 7.90. The van der Waals surface area contributed by atoms with Crippen LogP contribution >= 0.6 is 0 Å². The van der Waals surface area contributed by atoms with Crippen LogP contribution < -0.4 is 4.72 Å². The molecule has 1 aliphatic carbocycles. The van der Waals surface area contributed by atoms with Crippen molar-refractivity contribution in [2.24, 2.45) is 0 Å². The maximum absolute atomic E-state index is 12.8. The van der Waals surface area contributed by atoms with E-state index >= 15 is 0 Å². The van der Waals surface area contributed by atoms with Gasteiger partial charge in [0.1, 0.15) is 28.5 Å². The van der Waals surface area contributed by atoms with E-state index in [1.165, 1.54) is 0 Å². The first-order valence-electron chi connectivity index (χ1n) is 15.6. The molecule has 4 heterocycles. The van der Waals surface area contributed by atoms with Crippen molar-refractivity contribution in [2.75, 3.05) is 6.61 Å². The summed E-state index contributed by atoms with van der Waals surface area (Å²) >= 11 is -1.23. The lowest BCUT2D eigenvalue weighted by molar-refractivity contribution is 0.0378. The average Bonchev–Trinajstić information content (AvgIpc) is 3.60. The largest absolute Gasteiger partial charge is 0.598 e. The number of aromatic nitrogens is 4. The molecular formula is C33H47N5O4SSi. The van der Waals surface area contributed by atoms with Crippen molar-refractivity contribution in [1.82, 2.24) is 23.7 Å². The molecule has 0 bridgehead atoms. The quantitative estimate of drug-likeness (QED) is 0.0757. The Morgan fingerprint density at radius 1 is 1.14 bits per heavy atom. The molecule has 4 aromatic rings. The highest BCUT2D eigenvalue weighted by atomic mass is 32.2. The molecule has 1 aliphatic rings. The Kier molecular flexibility index (Phi) is 9.35. The second-order valence-electron chi connectivity index (χ2n) is 14.4. The smallest absolute Gasteiger partial charge is 0.338 e. The molecule has 0 spiro atoms. The number of ether oxygens (including phenoxy) is 2. The Balaban J connectivity index is 1.59. The van der Waals surface area contributed by atoms with Crippen LogP contribution in [0.15, 0.2) is 36.5 Å². The van der Waals surface area contributed by atoms with Gasteiger partial charge in [0.2, 0.25) is 0 Å². The highest BCUT2D eigenvalue weighted by Gasteiger charge is 2.33. The molecule has 1 saturated carbocycles. The maximum atomic E-state index is 12.8. The summed E-state index contributed by atoms with van der Waals surface area (Å²) in [6.07, 6.45) is 3.94. The number of carbonyl (C=O) groups excluding carboxylic acids is 1. The molecule has 1 N–H and O–H groups in total. The van der Waals surface area contributed by atoms with Crippen molar-refractivity contribution in [1.29, 1.82) is 0 Å². The first-order valence-corrected chi connectivity index (χ1v) is 20.5. The summed E-state index contributed by atoms with van der Waals surface area (Å²) < 4.78 is 31.7. The summed E-state index contributed by atoms with van der Waals surface area (Å²) in [5, 5.41) is 0.988. The monoisotopic (exact) mass is 637 g/mol. The molecule has 5 rings (SSSR count). The van der Waals surface area contributed by atoms with Crippen molar-refractivity contribution in [2.45, 2.75) is 110 Å². The molecule has 4 aromatic heterocycles. The van der Waals surface area contributed by atoms with Crippen LogP contribution in [0, 0.1) is 0 Å². The zero-order chi connectivity index (χ0) is 32.0. The van der Waals surface area contributed by atoms with Gasteiger partial charge in [-0.15, -0.1) is 4.72 Å². The van der Waals surface area contributed by atoms with Crippen LogP contribution in [-0.4, -0.2) is 55.0 Å². The summed E-state index contributed by atoms with van der Waals surface area (Å²) in [7, 11) is -1.27. The van der Waals surface area contributed by atoms with Crippen LogP contribution in [0.25, 0.3) is 28.1 Å². The van der Waals surface area contributed by atoms with E-state index in [1.54, 1.807) is 0 Å². The van der Waals surface area contributed by atoms with E-state index in [0.29, 0.717) is 30.5 Å². The zero-order valence-corrected chi connectivity index (χ0v) is 29.4. The normalized spacial score (nSPS) is 15.8. The number of rotatable bonds is 12. The molecule has 0 amide bonds. The minimum atomic E-state index is -1.27. The Hall–Kier alpha value is -2.70. The lowest BCUT2D eigenvalue weighted by Crippen LogP contribution is -2.40. The number of pyridine rings is 2. The number of carbonyl (C=O) groups is 1. The summed E-state index contributed by atoms with van der Waals surface area (Å²) in [5.41, 5.74) is 5.79. The zero-order valence-electron chi connectivity index (χ0n) is 27.6. The third kappa shape index (κ3) is 7.39. The van der Waals surface area contributed by atoms with Gasteiger partial charge in [-0.3, -0.25) is 4.57 Å². The molecule has 2 atom stereocenters. The molecule has 11 heteroatoms. The molecule has 0 radical (unpaired) electrons. The summed E-state index contributed by atoms with van der Waals surface area (Å²) in [4.78, 5) is 22.9. The van der Waals surface area contributed by atoms with Gasteiger partial charge in [0.15, 0.2) is 0 Å². The van der Waals surface area contributed by atoms with Crippen molar-refractivity contribution >= 4 is 42.1 Å². The predicted octanol–water partition coefficient (Wildman–Crippen LogP) is 7.22. The van der Waals surface area contributed by atoms with E-state index in [0.717, 1.165) is 52.7 Å². The Morgan fingerprint density at radius 2 is 1.86 bits per heavy atom. The SMILES string of the molecule is CC(C)OC(=O)c1ccn2c(C3CC3)c(-c3cc4ccc([C@@H](C)N[S+]([O-])C(C)(C)C)nc4n3COCC[Si](C)(C)C)nc2c1. The van der Waals surface area contributed by atoms with Gasteiger partial charge in [0, 0.05) is 43.5 Å². The average molecular weight is 638 g/mol. The van der Waals surface area contributed by atoms with Gasteiger partial charge in [0.05, 0.1) is 34.8 Å². The van der Waals surface area contributed by atoms with Crippen LogP contribution in [0.5, 0.6) is 0 Å². The lowest BCUT2D eigenvalue weighted by atomic mass is 10.1. The van der Waals surface area contributed by atoms with E-state index in [9.17, 15) is 9.35 Å². The van der Waals surface area contributed by atoms with Crippen molar-refractivity contribution in [3.63, 3.8) is 0 Å². The molecule has 9 nitrogen and oxygen atoms in total. The molecule has 0 aromatic carbocycles. The van der Waals surface area contributed by atoms with E-state index in [4.69, 9.17) is 19.4 Å². The van der Waals surface area contributed by atoms with Gasteiger partial charge in [0.25, 0.3) is 0 Å². The molecule has 1 unspecified atom stereocenters. The first-order chi connectivity index (χ1) is 20.6. The first kappa shape index (κ1) is 32.7. The number of hydrogen-bond donors (Lipinski definition) is 1. The fourth-order valence-electron chi connectivity index (χ4n) is 5.05. The standard InChI is InChI=1S/C33H47N5O4SSi/c1-21(2)42-32(39)25-14-15-37-28(19-25)35-29(30(37)23-10-11-23)27-18-24-12-13-26(22(3)36-43(40)33(4,5)6)34-31(24)38(27)20-41-16-17-44(7,8)9/h12-15,18-19,21-23,36H,10-11,16-17,20H2,1-9H3/t22-,43?/m1/s1. The maximum Gasteiger partial charge on any atom is 0.338 e. The number of imidazole rings is 1. The number of nitrogens with one attached hydrogen (secondary N) is 1. The fraction of sp³-hybridized carbons (Fsp3) is 0.545. The fourth-order valence-corrected chi connectivity index (χ4v) is 6.60. The predicted molar refractivity (Wildman–Crippen MR) is 180 cm³/mol. The molecule has 0 saturated heterocycles. The molecule has 1 fully saturated rings. The second-order valence-corrected chi connectivity index (χ2v) is 22.0. The number of fused-ring (bicyclic) bond motifs is 2. The number of hydrogen-bond acceptors (Lipinski definition) is 7. The van der Waals surface area contributed by atoms with Crippen LogP contribution in [0.3, 0.4) is 0 Å². The lowest BCUT2D eigenvalue weighted by Gasteiger charge is -2.26.